The Balaban J connectivity index is 1.64. The Morgan fingerprint density at radius 1 is 1.25 bits per heavy atom. The van der Waals surface area contributed by atoms with Crippen molar-refractivity contribution in [2.24, 2.45) is 11.7 Å². The molecule has 0 spiro atoms. The molecule has 84 valence electrons. The molecule has 2 unspecified atom stereocenters. The highest BCUT2D eigenvalue weighted by Gasteiger charge is 2.37. The van der Waals surface area contributed by atoms with Crippen LogP contribution >= 0.6 is 0 Å². The van der Waals surface area contributed by atoms with Gasteiger partial charge in [0.1, 0.15) is 0 Å². The molecular formula is C13H16N2O. The van der Waals surface area contributed by atoms with E-state index < -0.39 is 0 Å². The van der Waals surface area contributed by atoms with Crippen LogP contribution in [0.5, 0.6) is 0 Å². The van der Waals surface area contributed by atoms with E-state index in [1.807, 2.05) is 12.1 Å². The molecule has 3 rings (SSSR count). The quantitative estimate of drug-likeness (QED) is 0.761. The van der Waals surface area contributed by atoms with Crippen LogP contribution in [0.4, 0.5) is 0 Å². The van der Waals surface area contributed by atoms with Crippen LogP contribution in [-0.4, -0.2) is 18.0 Å². The summed E-state index contributed by atoms with van der Waals surface area (Å²) < 4.78 is 0. The van der Waals surface area contributed by atoms with Gasteiger partial charge in [-0.05, 0) is 30.4 Å². The van der Waals surface area contributed by atoms with E-state index in [4.69, 9.17) is 5.73 Å². The Morgan fingerprint density at radius 3 is 2.31 bits per heavy atom. The van der Waals surface area contributed by atoms with Crippen LogP contribution in [0.1, 0.15) is 17.5 Å². The monoisotopic (exact) mass is 216 g/mol. The minimum Gasteiger partial charge on any atom is -0.351 e. The predicted octanol–water partition coefficient (Wildman–Crippen LogP) is 0.617. The second-order valence-corrected chi connectivity index (χ2v) is 4.89. The highest BCUT2D eigenvalue weighted by atomic mass is 16.2. The van der Waals surface area contributed by atoms with Gasteiger partial charge in [-0.25, -0.2) is 0 Å². The molecule has 2 aliphatic carbocycles. The number of hydrogen-bond acceptors (Lipinski definition) is 2. The van der Waals surface area contributed by atoms with Gasteiger partial charge in [0.2, 0.25) is 5.91 Å². The molecule has 0 aliphatic heterocycles. The van der Waals surface area contributed by atoms with E-state index in [-0.39, 0.29) is 23.9 Å². The molecule has 16 heavy (non-hydrogen) atoms. The maximum atomic E-state index is 11.9. The molecule has 1 amide bonds. The van der Waals surface area contributed by atoms with Crippen molar-refractivity contribution < 1.29 is 4.79 Å². The third kappa shape index (κ3) is 1.71. The standard InChI is InChI=1S/C13H16N2O/c14-11-7-12(11)15-13(16)10-5-8-3-1-2-4-9(8)6-10/h1-4,10-12H,5-7,14H2,(H,15,16). The molecular weight excluding hydrogens is 200 g/mol. The zero-order valence-corrected chi connectivity index (χ0v) is 9.15. The lowest BCUT2D eigenvalue weighted by atomic mass is 10.1. The fourth-order valence-corrected chi connectivity index (χ4v) is 2.43. The third-order valence-electron chi connectivity index (χ3n) is 3.59. The first-order valence-corrected chi connectivity index (χ1v) is 5.87. The lowest BCUT2D eigenvalue weighted by Gasteiger charge is -2.09. The summed E-state index contributed by atoms with van der Waals surface area (Å²) in [6.45, 7) is 0. The first kappa shape index (κ1) is 9.85. The molecule has 3 N–H and O–H groups in total. The molecule has 1 fully saturated rings. The highest BCUT2D eigenvalue weighted by Crippen LogP contribution is 2.27. The molecule has 0 radical (unpaired) electrons. The normalized spacial score (nSPS) is 27.6. The smallest absolute Gasteiger partial charge is 0.224 e. The fourth-order valence-electron chi connectivity index (χ4n) is 2.43. The van der Waals surface area contributed by atoms with Crippen LogP contribution < -0.4 is 11.1 Å². The van der Waals surface area contributed by atoms with E-state index in [0.29, 0.717) is 0 Å². The summed E-state index contributed by atoms with van der Waals surface area (Å²) in [5.41, 5.74) is 8.33. The minimum absolute atomic E-state index is 0.116. The molecule has 0 saturated heterocycles. The zero-order valence-electron chi connectivity index (χ0n) is 9.15. The summed E-state index contributed by atoms with van der Waals surface area (Å²) in [5.74, 6) is 0.291. The first-order chi connectivity index (χ1) is 7.74. The molecule has 2 atom stereocenters. The number of rotatable bonds is 2. The summed E-state index contributed by atoms with van der Waals surface area (Å²) in [6, 6.07) is 8.73. The Hall–Kier alpha value is -1.35. The van der Waals surface area contributed by atoms with Crippen LogP contribution in [0.15, 0.2) is 24.3 Å². The van der Waals surface area contributed by atoms with Crippen LogP contribution in [-0.2, 0) is 17.6 Å². The van der Waals surface area contributed by atoms with Gasteiger partial charge in [0.05, 0.1) is 0 Å². The molecule has 2 aliphatic rings. The van der Waals surface area contributed by atoms with Gasteiger partial charge in [-0.1, -0.05) is 24.3 Å². The summed E-state index contributed by atoms with van der Waals surface area (Å²) in [7, 11) is 0. The van der Waals surface area contributed by atoms with Gasteiger partial charge >= 0.3 is 0 Å². The van der Waals surface area contributed by atoms with Gasteiger partial charge in [-0.3, -0.25) is 4.79 Å². The van der Waals surface area contributed by atoms with Crippen molar-refractivity contribution in [1.82, 2.24) is 5.32 Å². The Bertz CT molecular complexity index is 405. The first-order valence-electron chi connectivity index (χ1n) is 5.87. The molecule has 0 heterocycles. The van der Waals surface area contributed by atoms with Gasteiger partial charge in [-0.15, -0.1) is 0 Å². The van der Waals surface area contributed by atoms with Gasteiger partial charge in [-0.2, -0.15) is 0 Å². The van der Waals surface area contributed by atoms with E-state index in [9.17, 15) is 4.79 Å². The number of amides is 1. The number of benzene rings is 1. The maximum absolute atomic E-state index is 11.9. The third-order valence-corrected chi connectivity index (χ3v) is 3.59. The Morgan fingerprint density at radius 2 is 1.81 bits per heavy atom. The zero-order chi connectivity index (χ0) is 11.1. The van der Waals surface area contributed by atoms with Crippen molar-refractivity contribution in [3.63, 3.8) is 0 Å². The van der Waals surface area contributed by atoms with Crippen molar-refractivity contribution in [1.29, 1.82) is 0 Å². The largest absolute Gasteiger partial charge is 0.351 e. The van der Waals surface area contributed by atoms with Gasteiger partial charge in [0.25, 0.3) is 0 Å². The molecule has 3 heteroatoms. The lowest BCUT2D eigenvalue weighted by Crippen LogP contribution is -2.35. The van der Waals surface area contributed by atoms with Crippen molar-refractivity contribution in [3.05, 3.63) is 35.4 Å². The topological polar surface area (TPSA) is 55.1 Å². The van der Waals surface area contributed by atoms with Crippen LogP contribution in [0, 0.1) is 5.92 Å². The molecule has 0 bridgehead atoms. The van der Waals surface area contributed by atoms with E-state index >= 15 is 0 Å². The number of fused-ring (bicyclic) bond motifs is 1. The number of nitrogens with one attached hydrogen (secondary N) is 1. The van der Waals surface area contributed by atoms with Gasteiger partial charge in [0.15, 0.2) is 0 Å². The van der Waals surface area contributed by atoms with E-state index in [1.54, 1.807) is 0 Å². The van der Waals surface area contributed by atoms with Crippen LogP contribution in [0.3, 0.4) is 0 Å². The SMILES string of the molecule is NC1CC1NC(=O)C1Cc2ccccc2C1. The average molecular weight is 216 g/mol. The number of carbonyl (C=O) groups excluding carboxylic acids is 1. The Kier molecular flexibility index (Phi) is 2.21. The van der Waals surface area contributed by atoms with Gasteiger partial charge in [0, 0.05) is 18.0 Å². The van der Waals surface area contributed by atoms with Crippen LogP contribution in [0.25, 0.3) is 0 Å². The minimum atomic E-state index is 0.116. The van der Waals surface area contributed by atoms with Crippen molar-refractivity contribution in [3.8, 4) is 0 Å². The number of hydrogen-bond donors (Lipinski definition) is 2. The van der Waals surface area contributed by atoms with Crippen LogP contribution in [0.2, 0.25) is 0 Å². The summed E-state index contributed by atoms with van der Waals surface area (Å²) in [4.78, 5) is 11.9. The summed E-state index contributed by atoms with van der Waals surface area (Å²) in [6.07, 6.45) is 2.69. The van der Waals surface area contributed by atoms with E-state index in [1.165, 1.54) is 11.1 Å². The highest BCUT2D eigenvalue weighted by molar-refractivity contribution is 5.81. The maximum Gasteiger partial charge on any atom is 0.224 e. The summed E-state index contributed by atoms with van der Waals surface area (Å²) >= 11 is 0. The number of nitrogens with two attached hydrogens (primary N) is 1. The average Bonchev–Trinajstić information content (AvgIpc) is 2.82. The lowest BCUT2D eigenvalue weighted by molar-refractivity contribution is -0.124. The summed E-state index contributed by atoms with van der Waals surface area (Å²) in [5, 5.41) is 3.02. The molecule has 3 nitrogen and oxygen atoms in total. The van der Waals surface area contributed by atoms with Crippen molar-refractivity contribution in [2.75, 3.05) is 0 Å². The molecule has 1 aromatic carbocycles. The Labute approximate surface area is 95.0 Å². The second kappa shape index (κ2) is 3.59. The van der Waals surface area contributed by atoms with Crippen molar-refractivity contribution >= 4 is 5.91 Å². The second-order valence-electron chi connectivity index (χ2n) is 4.89. The predicted molar refractivity (Wildman–Crippen MR) is 61.9 cm³/mol. The van der Waals surface area contributed by atoms with E-state index in [0.717, 1.165) is 19.3 Å². The fraction of sp³-hybridized carbons (Fsp3) is 0.462. The molecule has 1 saturated carbocycles. The molecule has 1 aromatic rings. The van der Waals surface area contributed by atoms with Crippen molar-refractivity contribution in [2.45, 2.75) is 31.3 Å². The van der Waals surface area contributed by atoms with E-state index in [2.05, 4.69) is 17.4 Å². The van der Waals surface area contributed by atoms with Gasteiger partial charge < -0.3 is 11.1 Å². The molecule has 0 aromatic heterocycles. The number of carbonyl (C=O) groups is 1.